The predicted octanol–water partition coefficient (Wildman–Crippen LogP) is 0.819. The van der Waals surface area contributed by atoms with E-state index in [0.29, 0.717) is 10.2 Å². The maximum atomic E-state index is 8.69. The highest BCUT2D eigenvalue weighted by Crippen LogP contribution is 2.30. The molecule has 0 saturated heterocycles. The van der Waals surface area contributed by atoms with Gasteiger partial charge in [0.15, 0.2) is 0 Å². The topological polar surface area (TPSA) is 55.2 Å². The molecule has 0 unspecified atom stereocenters. The fourth-order valence-corrected chi connectivity index (χ4v) is 1.39. The Morgan fingerprint density at radius 2 is 2.33 bits per heavy atom. The van der Waals surface area contributed by atoms with Crippen LogP contribution in [0.4, 0.5) is 0 Å². The summed E-state index contributed by atoms with van der Waals surface area (Å²) in [6.45, 7) is 0.699. The van der Waals surface area contributed by atoms with Crippen molar-refractivity contribution in [1.29, 1.82) is 0 Å². The maximum Gasteiger partial charge on any atom is 0.294 e. The van der Waals surface area contributed by atoms with Gasteiger partial charge in [-0.3, -0.25) is 0 Å². The Balaban J connectivity index is 1.84. The van der Waals surface area contributed by atoms with Gasteiger partial charge in [0.05, 0.1) is 13.2 Å². The average molecular weight is 186 g/mol. The van der Waals surface area contributed by atoms with Crippen LogP contribution in [0.25, 0.3) is 0 Å². The van der Waals surface area contributed by atoms with Crippen LogP contribution in [-0.4, -0.2) is 21.9 Å². The van der Waals surface area contributed by atoms with E-state index in [4.69, 9.17) is 9.84 Å². The number of rotatable bonds is 4. The van der Waals surface area contributed by atoms with E-state index in [9.17, 15) is 0 Å². The van der Waals surface area contributed by atoms with Gasteiger partial charge in [0.1, 0.15) is 5.01 Å². The maximum absolute atomic E-state index is 8.69. The minimum Gasteiger partial charge on any atom is -0.469 e. The van der Waals surface area contributed by atoms with E-state index in [-0.39, 0.29) is 6.61 Å². The molecule has 5 heteroatoms. The Hall–Kier alpha value is -0.680. The lowest BCUT2D eigenvalue weighted by molar-refractivity contribution is 0.279. The molecule has 1 saturated carbocycles. The Morgan fingerprint density at radius 1 is 1.50 bits per heavy atom. The van der Waals surface area contributed by atoms with Gasteiger partial charge in [-0.2, -0.15) is 0 Å². The summed E-state index contributed by atoms with van der Waals surface area (Å²) in [4.78, 5) is 0. The molecule has 0 aliphatic heterocycles. The molecule has 0 spiro atoms. The van der Waals surface area contributed by atoms with E-state index in [1.54, 1.807) is 0 Å². The molecular weight excluding hydrogens is 176 g/mol. The van der Waals surface area contributed by atoms with Crippen LogP contribution in [0, 0.1) is 5.92 Å². The first-order valence-corrected chi connectivity index (χ1v) is 4.76. The van der Waals surface area contributed by atoms with E-state index >= 15 is 0 Å². The van der Waals surface area contributed by atoms with Crippen molar-refractivity contribution in [2.75, 3.05) is 6.61 Å². The van der Waals surface area contributed by atoms with E-state index in [1.807, 2.05) is 0 Å². The quantitative estimate of drug-likeness (QED) is 0.756. The van der Waals surface area contributed by atoms with Crippen LogP contribution in [0.1, 0.15) is 17.8 Å². The molecule has 1 aliphatic rings. The first-order valence-electron chi connectivity index (χ1n) is 3.94. The van der Waals surface area contributed by atoms with Crippen LogP contribution in [0.15, 0.2) is 0 Å². The lowest BCUT2D eigenvalue weighted by Crippen LogP contribution is -1.97. The molecule has 0 aromatic carbocycles. The third-order valence-corrected chi connectivity index (χ3v) is 2.54. The Labute approximate surface area is 74.2 Å². The SMILES string of the molecule is OCc1nnc(OCC2CC2)s1. The van der Waals surface area contributed by atoms with Crippen molar-refractivity contribution in [3.63, 3.8) is 0 Å². The molecule has 0 amide bonds. The standard InChI is InChI=1S/C7H10N2O2S/c10-3-6-8-9-7(12-6)11-4-5-1-2-5/h5,10H,1-4H2. The Bertz CT molecular complexity index is 260. The van der Waals surface area contributed by atoms with Crippen LogP contribution in [0.2, 0.25) is 0 Å². The predicted molar refractivity (Wildman–Crippen MR) is 44.1 cm³/mol. The Kier molecular flexibility index (Phi) is 2.23. The second kappa shape index (κ2) is 3.37. The zero-order valence-corrected chi connectivity index (χ0v) is 7.38. The van der Waals surface area contributed by atoms with Crippen molar-refractivity contribution in [2.24, 2.45) is 5.92 Å². The molecule has 4 nitrogen and oxygen atoms in total. The summed E-state index contributed by atoms with van der Waals surface area (Å²) in [5, 5.41) is 17.4. The molecular formula is C7H10N2O2S. The van der Waals surface area contributed by atoms with Gasteiger partial charge in [0.2, 0.25) is 0 Å². The van der Waals surface area contributed by atoms with Crippen molar-refractivity contribution < 1.29 is 9.84 Å². The molecule has 12 heavy (non-hydrogen) atoms. The molecule has 1 aromatic heterocycles. The second-order valence-corrected chi connectivity index (χ2v) is 3.90. The highest BCUT2D eigenvalue weighted by atomic mass is 32.1. The van der Waals surface area contributed by atoms with Crippen LogP contribution >= 0.6 is 11.3 Å². The summed E-state index contributed by atoms with van der Waals surface area (Å²) in [6, 6.07) is 0. The van der Waals surface area contributed by atoms with Gasteiger partial charge in [-0.1, -0.05) is 16.4 Å². The van der Waals surface area contributed by atoms with Gasteiger partial charge in [0, 0.05) is 0 Å². The van der Waals surface area contributed by atoms with E-state index in [0.717, 1.165) is 12.5 Å². The second-order valence-electron chi connectivity index (χ2n) is 2.87. The molecule has 1 fully saturated rings. The summed E-state index contributed by atoms with van der Waals surface area (Å²) in [5.41, 5.74) is 0. The van der Waals surface area contributed by atoms with Crippen LogP contribution in [-0.2, 0) is 6.61 Å². The summed E-state index contributed by atoms with van der Waals surface area (Å²) in [5.74, 6) is 0.728. The number of hydrogen-bond acceptors (Lipinski definition) is 5. The molecule has 0 atom stereocenters. The first kappa shape index (κ1) is 7.94. The first-order chi connectivity index (χ1) is 5.88. The van der Waals surface area contributed by atoms with Crippen molar-refractivity contribution in [3.05, 3.63) is 5.01 Å². The van der Waals surface area contributed by atoms with Gasteiger partial charge in [-0.05, 0) is 18.8 Å². The fourth-order valence-electron chi connectivity index (χ4n) is 0.834. The van der Waals surface area contributed by atoms with Crippen molar-refractivity contribution in [2.45, 2.75) is 19.4 Å². The highest BCUT2D eigenvalue weighted by molar-refractivity contribution is 7.13. The third-order valence-electron chi connectivity index (χ3n) is 1.72. The van der Waals surface area contributed by atoms with Crippen LogP contribution < -0.4 is 4.74 Å². The minimum atomic E-state index is -0.0511. The number of nitrogens with zero attached hydrogens (tertiary/aromatic N) is 2. The molecule has 0 radical (unpaired) electrons. The van der Waals surface area contributed by atoms with Gasteiger partial charge in [-0.15, -0.1) is 5.10 Å². The number of aliphatic hydroxyl groups excluding tert-OH is 1. The third kappa shape index (κ3) is 1.92. The van der Waals surface area contributed by atoms with E-state index in [1.165, 1.54) is 24.2 Å². The molecule has 0 bridgehead atoms. The fraction of sp³-hybridized carbons (Fsp3) is 0.714. The lowest BCUT2D eigenvalue weighted by Gasteiger charge is -1.96. The number of aromatic nitrogens is 2. The van der Waals surface area contributed by atoms with E-state index in [2.05, 4.69) is 10.2 Å². The van der Waals surface area contributed by atoms with Gasteiger partial charge >= 0.3 is 0 Å². The van der Waals surface area contributed by atoms with Crippen molar-refractivity contribution in [1.82, 2.24) is 10.2 Å². The summed E-state index contributed by atoms with van der Waals surface area (Å²) < 4.78 is 5.35. The molecule has 1 N–H and O–H groups in total. The number of ether oxygens (including phenoxy) is 1. The van der Waals surface area contributed by atoms with Gasteiger partial charge in [-0.25, -0.2) is 0 Å². The number of hydrogen-bond donors (Lipinski definition) is 1. The highest BCUT2D eigenvalue weighted by Gasteiger charge is 2.22. The molecule has 1 heterocycles. The summed E-state index contributed by atoms with van der Waals surface area (Å²) in [6.07, 6.45) is 2.54. The van der Waals surface area contributed by atoms with Crippen molar-refractivity contribution >= 4 is 11.3 Å². The number of aliphatic hydroxyl groups is 1. The summed E-state index contributed by atoms with van der Waals surface area (Å²) in [7, 11) is 0. The van der Waals surface area contributed by atoms with E-state index < -0.39 is 0 Å². The smallest absolute Gasteiger partial charge is 0.294 e. The molecule has 1 aliphatic carbocycles. The normalized spacial score (nSPS) is 16.4. The lowest BCUT2D eigenvalue weighted by atomic mass is 10.5. The van der Waals surface area contributed by atoms with Crippen LogP contribution in [0.5, 0.6) is 5.19 Å². The summed E-state index contributed by atoms with van der Waals surface area (Å²) >= 11 is 1.31. The minimum absolute atomic E-state index is 0.0511. The van der Waals surface area contributed by atoms with Gasteiger partial charge in [0.25, 0.3) is 5.19 Å². The Morgan fingerprint density at radius 3 is 2.92 bits per heavy atom. The molecule has 1 aromatic rings. The largest absolute Gasteiger partial charge is 0.469 e. The monoisotopic (exact) mass is 186 g/mol. The molecule has 2 rings (SSSR count). The average Bonchev–Trinajstić information content (AvgIpc) is 2.81. The zero-order valence-electron chi connectivity index (χ0n) is 6.56. The zero-order chi connectivity index (χ0) is 8.39. The molecule has 66 valence electrons. The van der Waals surface area contributed by atoms with Crippen LogP contribution in [0.3, 0.4) is 0 Å². The van der Waals surface area contributed by atoms with Crippen molar-refractivity contribution in [3.8, 4) is 5.19 Å². The van der Waals surface area contributed by atoms with Gasteiger partial charge < -0.3 is 9.84 Å².